The molecule has 1 fully saturated rings. The number of aryl methyl sites for hydroxylation is 1. The van der Waals surface area contributed by atoms with Gasteiger partial charge in [-0.25, -0.2) is 0 Å². The molecule has 3 aliphatic rings. The van der Waals surface area contributed by atoms with E-state index in [9.17, 15) is 5.11 Å². The van der Waals surface area contributed by atoms with Crippen LogP contribution in [0.1, 0.15) is 36.8 Å². The topological polar surface area (TPSA) is 45.2 Å². The maximum Gasteiger partial charge on any atom is 0.142 e. The molecule has 1 unspecified atom stereocenters. The summed E-state index contributed by atoms with van der Waals surface area (Å²) in [6.07, 6.45) is 5.62. The molecule has 184 valence electrons. The molecule has 2 aromatic carbocycles. The number of aliphatic hydroxyl groups is 1. The normalized spacial score (nSPS) is 25.5. The fourth-order valence-electron chi connectivity index (χ4n) is 6.32. The number of methoxy groups -OCH3 is 1. The second kappa shape index (κ2) is 10.5. The molecule has 1 saturated heterocycles. The number of rotatable bonds is 6. The summed E-state index contributed by atoms with van der Waals surface area (Å²) in [5.41, 5.74) is 3.89. The van der Waals surface area contributed by atoms with Gasteiger partial charge in [0.25, 0.3) is 0 Å². The van der Waals surface area contributed by atoms with Crippen molar-refractivity contribution in [3.8, 4) is 5.75 Å². The summed E-state index contributed by atoms with van der Waals surface area (Å²) in [7, 11) is 1.72. The summed E-state index contributed by atoms with van der Waals surface area (Å²) in [5.74, 6) is 0.971. The highest BCUT2D eigenvalue weighted by atomic mass is 127. The molecular weight excluding hydrogens is 563 g/mol. The predicted octanol–water partition coefficient (Wildman–Crippen LogP) is 4.89. The summed E-state index contributed by atoms with van der Waals surface area (Å²) in [4.78, 5) is 5.03. The molecule has 2 aliphatic heterocycles. The van der Waals surface area contributed by atoms with E-state index >= 15 is 0 Å². The monoisotopic (exact) mass is 596 g/mol. The quantitative estimate of drug-likeness (QED) is 0.482. The van der Waals surface area contributed by atoms with E-state index in [0.717, 1.165) is 62.5 Å². The van der Waals surface area contributed by atoms with Crippen molar-refractivity contribution in [1.82, 2.24) is 4.90 Å². The van der Waals surface area contributed by atoms with Gasteiger partial charge in [0.2, 0.25) is 0 Å². The van der Waals surface area contributed by atoms with Crippen LogP contribution in [0.15, 0.2) is 36.4 Å². The lowest BCUT2D eigenvalue weighted by molar-refractivity contribution is 0.0465. The van der Waals surface area contributed by atoms with Crippen molar-refractivity contribution >= 4 is 39.9 Å². The Hall–Kier alpha value is -1.06. The third-order valence-electron chi connectivity index (χ3n) is 7.89. The number of benzene rings is 2. The zero-order valence-electron chi connectivity index (χ0n) is 19.8. The van der Waals surface area contributed by atoms with Gasteiger partial charge in [0, 0.05) is 40.2 Å². The molecule has 1 N–H and O–H groups in total. The molecule has 0 radical (unpaired) electrons. The van der Waals surface area contributed by atoms with Crippen molar-refractivity contribution < 1.29 is 14.6 Å². The zero-order chi connectivity index (χ0) is 23.7. The maximum atomic E-state index is 10.0. The molecule has 0 amide bonds. The van der Waals surface area contributed by atoms with Crippen LogP contribution in [0.2, 0.25) is 5.02 Å². The lowest BCUT2D eigenvalue weighted by Gasteiger charge is -2.42. The summed E-state index contributed by atoms with van der Waals surface area (Å²) >= 11 is 8.77. The van der Waals surface area contributed by atoms with E-state index in [0.29, 0.717) is 19.3 Å². The first kappa shape index (κ1) is 24.6. The standard InChI is InChI=1S/C27H34ClIN2O3/c1-33-16-23(15-32)31-11-3-5-22(31)14-30-17-27(18-34-26-9-7-21(29)13-25(26)30)10-2-4-19-12-20(28)6-8-24(19)27/h6-9,12-13,22-23,32H,2-5,10-11,14-18H2,1H3/t22-,23?,27-/m0/s1. The van der Waals surface area contributed by atoms with Crippen molar-refractivity contribution in [2.24, 2.45) is 0 Å². The Bertz CT molecular complexity index is 1020. The lowest BCUT2D eigenvalue weighted by Crippen LogP contribution is -2.51. The zero-order valence-corrected chi connectivity index (χ0v) is 22.7. The summed E-state index contributed by atoms with van der Waals surface area (Å²) < 4.78 is 13.2. The van der Waals surface area contributed by atoms with Gasteiger partial charge in [-0.15, -0.1) is 0 Å². The molecule has 1 spiro atoms. The number of hydrogen-bond acceptors (Lipinski definition) is 5. The Morgan fingerprint density at radius 2 is 2.15 bits per heavy atom. The molecular formula is C27H34ClIN2O3. The molecule has 0 bridgehead atoms. The van der Waals surface area contributed by atoms with Crippen LogP contribution in [-0.4, -0.2) is 68.7 Å². The van der Waals surface area contributed by atoms with Crippen molar-refractivity contribution in [2.45, 2.75) is 49.6 Å². The van der Waals surface area contributed by atoms with Crippen LogP contribution < -0.4 is 9.64 Å². The van der Waals surface area contributed by atoms with Gasteiger partial charge >= 0.3 is 0 Å². The largest absolute Gasteiger partial charge is 0.490 e. The second-order valence-electron chi connectivity index (χ2n) is 10.0. The van der Waals surface area contributed by atoms with Crippen LogP contribution in [0.4, 0.5) is 5.69 Å². The minimum atomic E-state index is -0.0605. The van der Waals surface area contributed by atoms with Crippen LogP contribution in [0.3, 0.4) is 0 Å². The van der Waals surface area contributed by atoms with Crippen molar-refractivity contribution in [1.29, 1.82) is 0 Å². The molecule has 7 heteroatoms. The Balaban J connectivity index is 1.50. The molecule has 34 heavy (non-hydrogen) atoms. The fraction of sp³-hybridized carbons (Fsp3) is 0.556. The summed E-state index contributed by atoms with van der Waals surface area (Å²) in [5, 5.41) is 10.9. The minimum absolute atomic E-state index is 0.0441. The minimum Gasteiger partial charge on any atom is -0.490 e. The van der Waals surface area contributed by atoms with E-state index in [1.807, 2.05) is 6.07 Å². The number of aliphatic hydroxyl groups excluding tert-OH is 1. The Morgan fingerprint density at radius 3 is 2.97 bits per heavy atom. The van der Waals surface area contributed by atoms with E-state index in [4.69, 9.17) is 21.1 Å². The van der Waals surface area contributed by atoms with E-state index in [1.165, 1.54) is 20.4 Å². The second-order valence-corrected chi connectivity index (χ2v) is 11.7. The van der Waals surface area contributed by atoms with E-state index in [1.54, 1.807) is 7.11 Å². The van der Waals surface area contributed by atoms with Crippen LogP contribution in [0.25, 0.3) is 0 Å². The van der Waals surface area contributed by atoms with E-state index in [2.05, 4.69) is 62.7 Å². The smallest absolute Gasteiger partial charge is 0.142 e. The summed E-state index contributed by atoms with van der Waals surface area (Å²) in [6.45, 7) is 4.22. The molecule has 1 aliphatic carbocycles. The number of fused-ring (bicyclic) bond motifs is 3. The SMILES string of the molecule is COCC(CO)N1CCC[C@H]1CN1C[C@@]2(CCCc3cc(Cl)ccc32)COc2ccc(I)cc21. The molecule has 5 nitrogen and oxygen atoms in total. The first-order valence-corrected chi connectivity index (χ1v) is 13.8. The Labute approximate surface area is 221 Å². The highest BCUT2D eigenvalue weighted by Gasteiger charge is 2.43. The number of hydrogen-bond donors (Lipinski definition) is 1. The first-order chi connectivity index (χ1) is 16.5. The fourth-order valence-corrected chi connectivity index (χ4v) is 6.99. The van der Waals surface area contributed by atoms with Crippen molar-refractivity contribution in [3.63, 3.8) is 0 Å². The van der Waals surface area contributed by atoms with Gasteiger partial charge in [0.1, 0.15) is 5.75 Å². The first-order valence-electron chi connectivity index (χ1n) is 12.3. The van der Waals surface area contributed by atoms with Gasteiger partial charge in [-0.3, -0.25) is 4.90 Å². The van der Waals surface area contributed by atoms with Gasteiger partial charge in [-0.2, -0.15) is 0 Å². The van der Waals surface area contributed by atoms with E-state index < -0.39 is 0 Å². The number of ether oxygens (including phenoxy) is 2. The molecule has 3 atom stereocenters. The predicted molar refractivity (Wildman–Crippen MR) is 145 cm³/mol. The maximum absolute atomic E-state index is 10.0. The van der Waals surface area contributed by atoms with Gasteiger partial charge in [-0.1, -0.05) is 17.7 Å². The highest BCUT2D eigenvalue weighted by Crippen LogP contribution is 2.45. The molecule has 2 aromatic rings. The van der Waals surface area contributed by atoms with Crippen LogP contribution >= 0.6 is 34.2 Å². The highest BCUT2D eigenvalue weighted by molar-refractivity contribution is 14.1. The molecule has 2 heterocycles. The van der Waals surface area contributed by atoms with Gasteiger partial charge in [0.15, 0.2) is 0 Å². The van der Waals surface area contributed by atoms with Crippen LogP contribution in [0, 0.1) is 3.57 Å². The van der Waals surface area contributed by atoms with Gasteiger partial charge in [0.05, 0.1) is 31.5 Å². The summed E-state index contributed by atoms with van der Waals surface area (Å²) in [6, 6.07) is 13.4. The number of anilines is 1. The average molecular weight is 597 g/mol. The third kappa shape index (κ3) is 4.81. The molecule has 5 rings (SSSR count). The van der Waals surface area contributed by atoms with Crippen LogP contribution in [0.5, 0.6) is 5.75 Å². The van der Waals surface area contributed by atoms with Crippen molar-refractivity contribution in [2.75, 3.05) is 51.5 Å². The third-order valence-corrected chi connectivity index (χ3v) is 8.80. The Morgan fingerprint density at radius 1 is 1.26 bits per heavy atom. The average Bonchev–Trinajstić information content (AvgIpc) is 3.23. The van der Waals surface area contributed by atoms with Crippen LogP contribution in [-0.2, 0) is 16.6 Å². The van der Waals surface area contributed by atoms with E-state index in [-0.39, 0.29) is 18.1 Å². The van der Waals surface area contributed by atoms with Gasteiger partial charge < -0.3 is 19.5 Å². The van der Waals surface area contributed by atoms with Crippen molar-refractivity contribution in [3.05, 3.63) is 56.1 Å². The number of halogens is 2. The lowest BCUT2D eigenvalue weighted by atomic mass is 9.70. The number of nitrogens with zero attached hydrogens (tertiary/aromatic N) is 2. The van der Waals surface area contributed by atoms with Gasteiger partial charge in [-0.05, 0) is 103 Å². The number of likely N-dealkylation sites (tertiary alicyclic amines) is 1. The molecule has 0 aromatic heterocycles. The molecule has 0 saturated carbocycles. The Kier molecular flexibility index (Phi) is 7.61.